The molecular weight excluding hydrogens is 314 g/mol. The van der Waals surface area contributed by atoms with Crippen molar-refractivity contribution in [3.05, 3.63) is 59.7 Å². The first-order valence-corrected chi connectivity index (χ1v) is 7.50. The largest absolute Gasteiger partial charge is 0.497 e. The molecule has 0 aliphatic carbocycles. The molecule has 2 aromatic rings. The number of nitrogens with zero attached hydrogens (tertiary/aromatic N) is 1. The van der Waals surface area contributed by atoms with Crippen LogP contribution in [0, 0.1) is 11.6 Å². The molecule has 0 spiro atoms. The first-order valence-electron chi connectivity index (χ1n) is 7.50. The van der Waals surface area contributed by atoms with Crippen molar-refractivity contribution in [2.75, 3.05) is 19.5 Å². The molecule has 0 aliphatic rings. The van der Waals surface area contributed by atoms with E-state index in [0.717, 1.165) is 6.07 Å². The number of rotatable bonds is 6. The Hall–Kier alpha value is -2.47. The Kier molecular flexibility index (Phi) is 5.87. The summed E-state index contributed by atoms with van der Waals surface area (Å²) in [6.07, 6.45) is 0. The molecule has 0 aromatic heterocycles. The van der Waals surface area contributed by atoms with Gasteiger partial charge in [0.2, 0.25) is 5.91 Å². The van der Waals surface area contributed by atoms with Crippen molar-refractivity contribution in [2.45, 2.75) is 19.5 Å². The van der Waals surface area contributed by atoms with Gasteiger partial charge in [0.1, 0.15) is 17.4 Å². The van der Waals surface area contributed by atoms with Crippen LogP contribution in [0.4, 0.5) is 14.5 Å². The number of halogens is 2. The lowest BCUT2D eigenvalue weighted by molar-refractivity contribution is -0.120. The van der Waals surface area contributed by atoms with Crippen LogP contribution in [0.5, 0.6) is 5.75 Å². The number of carbonyl (C=O) groups is 1. The number of likely N-dealkylation sites (N-methyl/N-ethyl adjacent to an activating group) is 1. The maximum absolute atomic E-state index is 13.7. The van der Waals surface area contributed by atoms with Crippen molar-refractivity contribution in [2.24, 2.45) is 0 Å². The predicted molar refractivity (Wildman–Crippen MR) is 88.9 cm³/mol. The maximum Gasteiger partial charge on any atom is 0.241 e. The van der Waals surface area contributed by atoms with E-state index < -0.39 is 17.7 Å². The van der Waals surface area contributed by atoms with Crippen LogP contribution >= 0.6 is 0 Å². The van der Waals surface area contributed by atoms with Gasteiger partial charge in [0.15, 0.2) is 0 Å². The van der Waals surface area contributed by atoms with Crippen LogP contribution in [0.25, 0.3) is 0 Å². The van der Waals surface area contributed by atoms with Crippen molar-refractivity contribution in [1.82, 2.24) is 4.90 Å². The SMILES string of the molecule is COc1ccc(NC(=O)C(C)N(C)Cc2ccc(F)cc2F)cc1. The molecule has 0 heterocycles. The van der Waals surface area contributed by atoms with Gasteiger partial charge in [0.05, 0.1) is 13.2 Å². The van der Waals surface area contributed by atoms with Crippen LogP contribution in [0.15, 0.2) is 42.5 Å². The van der Waals surface area contributed by atoms with Crippen molar-refractivity contribution in [3.63, 3.8) is 0 Å². The summed E-state index contributed by atoms with van der Waals surface area (Å²) in [5.74, 6) is -0.760. The van der Waals surface area contributed by atoms with Gasteiger partial charge in [0.25, 0.3) is 0 Å². The number of hydrogen-bond donors (Lipinski definition) is 1. The number of amides is 1. The zero-order valence-corrected chi connectivity index (χ0v) is 13.8. The van der Waals surface area contributed by atoms with E-state index in [2.05, 4.69) is 5.32 Å². The average molecular weight is 334 g/mol. The minimum atomic E-state index is -0.621. The second kappa shape index (κ2) is 7.88. The number of methoxy groups -OCH3 is 1. The standard InChI is InChI=1S/C18H20F2N2O2/c1-12(18(23)21-15-6-8-16(24-3)9-7-15)22(2)11-13-4-5-14(19)10-17(13)20/h4-10,12H,11H2,1-3H3,(H,21,23). The summed E-state index contributed by atoms with van der Waals surface area (Å²) in [6, 6.07) is 9.91. The second-order valence-corrected chi connectivity index (χ2v) is 5.54. The van der Waals surface area contributed by atoms with Gasteiger partial charge in [-0.1, -0.05) is 6.07 Å². The molecule has 0 bridgehead atoms. The van der Waals surface area contributed by atoms with E-state index in [0.29, 0.717) is 17.0 Å². The van der Waals surface area contributed by atoms with E-state index >= 15 is 0 Å². The Morgan fingerprint density at radius 1 is 1.21 bits per heavy atom. The van der Waals surface area contributed by atoms with E-state index in [1.807, 2.05) is 0 Å². The monoisotopic (exact) mass is 334 g/mol. The highest BCUT2D eigenvalue weighted by Gasteiger charge is 2.19. The summed E-state index contributed by atoms with van der Waals surface area (Å²) in [5.41, 5.74) is 0.983. The van der Waals surface area contributed by atoms with Crippen LogP contribution in [0.1, 0.15) is 12.5 Å². The van der Waals surface area contributed by atoms with Crippen molar-refractivity contribution >= 4 is 11.6 Å². The minimum Gasteiger partial charge on any atom is -0.497 e. The van der Waals surface area contributed by atoms with E-state index in [9.17, 15) is 13.6 Å². The fourth-order valence-electron chi connectivity index (χ4n) is 2.18. The van der Waals surface area contributed by atoms with Crippen molar-refractivity contribution in [1.29, 1.82) is 0 Å². The highest BCUT2D eigenvalue weighted by Crippen LogP contribution is 2.17. The third-order valence-electron chi connectivity index (χ3n) is 3.83. The molecule has 1 atom stereocenters. The number of carbonyl (C=O) groups excluding carboxylic acids is 1. The van der Waals surface area contributed by atoms with Gasteiger partial charge in [-0.25, -0.2) is 8.78 Å². The Bertz CT molecular complexity index is 705. The van der Waals surface area contributed by atoms with Gasteiger partial charge < -0.3 is 10.1 Å². The molecule has 6 heteroatoms. The smallest absolute Gasteiger partial charge is 0.241 e. The Morgan fingerprint density at radius 2 is 1.88 bits per heavy atom. The highest BCUT2D eigenvalue weighted by molar-refractivity contribution is 5.94. The van der Waals surface area contributed by atoms with Crippen LogP contribution in [-0.4, -0.2) is 31.0 Å². The molecule has 0 radical (unpaired) electrons. The third kappa shape index (κ3) is 4.52. The Morgan fingerprint density at radius 3 is 2.46 bits per heavy atom. The maximum atomic E-state index is 13.7. The van der Waals surface area contributed by atoms with Crippen LogP contribution < -0.4 is 10.1 Å². The lowest BCUT2D eigenvalue weighted by atomic mass is 10.1. The molecule has 0 fully saturated rings. The molecule has 0 saturated heterocycles. The second-order valence-electron chi connectivity index (χ2n) is 5.54. The van der Waals surface area contributed by atoms with E-state index in [1.54, 1.807) is 50.2 Å². The summed E-state index contributed by atoms with van der Waals surface area (Å²) in [5, 5.41) is 2.79. The molecule has 1 N–H and O–H groups in total. The topological polar surface area (TPSA) is 41.6 Å². The molecule has 2 rings (SSSR count). The first kappa shape index (κ1) is 17.9. The first-order chi connectivity index (χ1) is 11.4. The molecule has 1 amide bonds. The number of benzene rings is 2. The van der Waals surface area contributed by atoms with Crippen molar-refractivity contribution < 1.29 is 18.3 Å². The third-order valence-corrected chi connectivity index (χ3v) is 3.83. The van der Waals surface area contributed by atoms with Crippen LogP contribution in [0.2, 0.25) is 0 Å². The zero-order chi connectivity index (χ0) is 17.7. The minimum absolute atomic E-state index is 0.198. The normalized spacial score (nSPS) is 12.1. The average Bonchev–Trinajstić information content (AvgIpc) is 2.57. The van der Waals surface area contributed by atoms with Gasteiger partial charge >= 0.3 is 0 Å². The quantitative estimate of drug-likeness (QED) is 0.880. The molecule has 0 saturated carbocycles. The Labute approximate surface area is 140 Å². The highest BCUT2D eigenvalue weighted by atomic mass is 19.1. The summed E-state index contributed by atoms with van der Waals surface area (Å²) < 4.78 is 31.7. The van der Waals surface area contributed by atoms with Crippen LogP contribution in [-0.2, 0) is 11.3 Å². The summed E-state index contributed by atoms with van der Waals surface area (Å²) >= 11 is 0. The molecule has 24 heavy (non-hydrogen) atoms. The zero-order valence-electron chi connectivity index (χ0n) is 13.8. The molecule has 2 aromatic carbocycles. The lowest BCUT2D eigenvalue weighted by Crippen LogP contribution is -2.39. The molecule has 0 aliphatic heterocycles. The fraction of sp³-hybridized carbons (Fsp3) is 0.278. The predicted octanol–water partition coefficient (Wildman–Crippen LogP) is 3.43. The molecule has 4 nitrogen and oxygen atoms in total. The van der Waals surface area contributed by atoms with Gasteiger partial charge in [0, 0.05) is 23.9 Å². The fourth-order valence-corrected chi connectivity index (χ4v) is 2.18. The molecule has 128 valence electrons. The molecule has 1 unspecified atom stereocenters. The van der Waals surface area contributed by atoms with E-state index in [-0.39, 0.29) is 12.5 Å². The van der Waals surface area contributed by atoms with Gasteiger partial charge in [-0.05, 0) is 44.3 Å². The lowest BCUT2D eigenvalue weighted by Gasteiger charge is -2.24. The number of anilines is 1. The van der Waals surface area contributed by atoms with Gasteiger partial charge in [-0.2, -0.15) is 0 Å². The van der Waals surface area contributed by atoms with Crippen molar-refractivity contribution in [3.8, 4) is 5.75 Å². The summed E-state index contributed by atoms with van der Waals surface area (Å²) in [7, 11) is 3.28. The Balaban J connectivity index is 1.98. The van der Waals surface area contributed by atoms with Crippen LogP contribution in [0.3, 0.4) is 0 Å². The van der Waals surface area contributed by atoms with E-state index in [4.69, 9.17) is 4.74 Å². The summed E-state index contributed by atoms with van der Waals surface area (Å²) in [6.45, 7) is 1.92. The summed E-state index contributed by atoms with van der Waals surface area (Å²) in [4.78, 5) is 14.0. The number of nitrogens with one attached hydrogen (secondary N) is 1. The number of ether oxygens (including phenoxy) is 1. The van der Waals surface area contributed by atoms with Gasteiger partial charge in [-0.3, -0.25) is 9.69 Å². The van der Waals surface area contributed by atoms with E-state index in [1.165, 1.54) is 12.1 Å². The molecular formula is C18H20F2N2O2. The number of hydrogen-bond acceptors (Lipinski definition) is 3. The van der Waals surface area contributed by atoms with Gasteiger partial charge in [-0.15, -0.1) is 0 Å².